The first-order valence-corrected chi connectivity index (χ1v) is 14.3. The molecule has 0 bridgehead atoms. The van der Waals surface area contributed by atoms with Crippen LogP contribution >= 0.6 is 11.6 Å². The van der Waals surface area contributed by atoms with Crippen molar-refractivity contribution in [3.8, 4) is 11.3 Å². The zero-order valence-corrected chi connectivity index (χ0v) is 26.5. The second-order valence-corrected chi connectivity index (χ2v) is 10.4. The Morgan fingerprint density at radius 2 is 1.77 bits per heavy atom. The van der Waals surface area contributed by atoms with Gasteiger partial charge >= 0.3 is 0 Å². The van der Waals surface area contributed by atoms with E-state index in [1.807, 2.05) is 4.68 Å². The third kappa shape index (κ3) is 10.2. The zero-order chi connectivity index (χ0) is 28.0. The number of amides is 2. The summed E-state index contributed by atoms with van der Waals surface area (Å²) in [5.74, 6) is 0.167. The molecule has 40 heavy (non-hydrogen) atoms. The molecule has 0 saturated heterocycles. The maximum atomic E-state index is 12.8. The Kier molecular flexibility index (Phi) is 15.3. The predicted molar refractivity (Wildman–Crippen MR) is 154 cm³/mol. The summed E-state index contributed by atoms with van der Waals surface area (Å²) in [7, 11) is 1.00. The van der Waals surface area contributed by atoms with Crippen molar-refractivity contribution in [1.82, 2.24) is 25.3 Å². The second kappa shape index (κ2) is 18.1. The van der Waals surface area contributed by atoms with E-state index >= 15 is 0 Å². The standard InChI is InChI=1S/C20H25ClN6O2.C8H12.CH4O.Ir/c1-12(28)23-14-6-4-5-13(9-14)20(29)24-18-10-15(16(21)11-22-18)19-17-7-2-3-8-27(17)26-25-19;1-2-4-6-8-7-5-3-1;1-2;/h10-11,13-14H,2-9H2,1H3,(H,23,28)(H,22,24,29);1-4H,5-8H2;2H,1H3;/t13-,14+;;;/m0.../s1. The summed E-state index contributed by atoms with van der Waals surface area (Å²) in [6, 6.07) is 1.82. The van der Waals surface area contributed by atoms with Gasteiger partial charge in [-0.2, -0.15) is 0 Å². The van der Waals surface area contributed by atoms with E-state index in [1.54, 1.807) is 12.3 Å². The minimum absolute atomic E-state index is 0. The minimum Gasteiger partial charge on any atom is -0.400 e. The number of hydrogen-bond donors (Lipinski definition) is 3. The van der Waals surface area contributed by atoms with Crippen LogP contribution < -0.4 is 10.6 Å². The molecule has 2 aliphatic carbocycles. The number of aromatic nitrogens is 4. The first-order valence-electron chi connectivity index (χ1n) is 13.9. The number of anilines is 1. The van der Waals surface area contributed by atoms with Crippen LogP contribution in [-0.4, -0.2) is 50.1 Å². The molecule has 0 aromatic carbocycles. The summed E-state index contributed by atoms with van der Waals surface area (Å²) in [5.41, 5.74) is 2.57. The third-order valence-electron chi connectivity index (χ3n) is 7.06. The average molecular weight is 749 g/mol. The molecule has 2 atom stereocenters. The molecule has 221 valence electrons. The largest absolute Gasteiger partial charge is 0.400 e. The van der Waals surface area contributed by atoms with Crippen LogP contribution in [0.5, 0.6) is 0 Å². The van der Waals surface area contributed by atoms with Crippen LogP contribution in [0.2, 0.25) is 5.02 Å². The number of pyridine rings is 1. The van der Waals surface area contributed by atoms with E-state index in [0.717, 1.165) is 69.1 Å². The van der Waals surface area contributed by atoms with Crippen LogP contribution in [0.3, 0.4) is 0 Å². The van der Waals surface area contributed by atoms with Gasteiger partial charge in [-0.1, -0.05) is 47.5 Å². The molecule has 0 spiro atoms. The number of carbonyl (C=O) groups is 2. The smallest absolute Gasteiger partial charge is 0.228 e. The van der Waals surface area contributed by atoms with E-state index < -0.39 is 0 Å². The van der Waals surface area contributed by atoms with Gasteiger partial charge in [-0.05, 0) is 70.3 Å². The van der Waals surface area contributed by atoms with Gasteiger partial charge in [0.05, 0.1) is 10.7 Å². The number of nitrogens with zero attached hydrogens (tertiary/aromatic N) is 4. The Hall–Kier alpha value is -2.39. The Morgan fingerprint density at radius 3 is 2.48 bits per heavy atom. The van der Waals surface area contributed by atoms with Crippen molar-refractivity contribution in [3.63, 3.8) is 0 Å². The van der Waals surface area contributed by atoms with Crippen molar-refractivity contribution in [3.05, 3.63) is 47.3 Å². The number of aliphatic hydroxyl groups is 1. The molecule has 11 heteroatoms. The van der Waals surface area contributed by atoms with Gasteiger partial charge in [0.2, 0.25) is 11.8 Å². The van der Waals surface area contributed by atoms with Crippen LogP contribution in [0.4, 0.5) is 5.82 Å². The number of aryl methyl sites for hydroxylation is 1. The molecule has 3 N–H and O–H groups in total. The van der Waals surface area contributed by atoms with Gasteiger partial charge in [-0.15, -0.1) is 5.10 Å². The summed E-state index contributed by atoms with van der Waals surface area (Å²) < 4.78 is 1.93. The normalized spacial score (nSPS) is 19.6. The van der Waals surface area contributed by atoms with E-state index in [0.29, 0.717) is 17.3 Å². The Bertz CT molecular complexity index is 1140. The maximum Gasteiger partial charge on any atom is 0.228 e. The third-order valence-corrected chi connectivity index (χ3v) is 7.36. The Labute approximate surface area is 255 Å². The number of allylic oxidation sites excluding steroid dienone is 4. The van der Waals surface area contributed by atoms with Crippen LogP contribution in [-0.2, 0) is 42.7 Å². The van der Waals surface area contributed by atoms with Gasteiger partial charge in [-0.25, -0.2) is 9.67 Å². The molecule has 0 unspecified atom stereocenters. The van der Waals surface area contributed by atoms with Crippen molar-refractivity contribution < 1.29 is 34.8 Å². The number of carbonyl (C=O) groups excluding carboxylic acids is 2. The second-order valence-electron chi connectivity index (χ2n) is 10.0. The van der Waals surface area contributed by atoms with Crippen molar-refractivity contribution in [1.29, 1.82) is 0 Å². The monoisotopic (exact) mass is 749 g/mol. The SMILES string of the molecule is C1=CCCCCC=C1.CC(=O)N[C@@H]1CCC[C@H](C(=O)Nc2cc(-c3nnn4c3CCCC4)c(Cl)cn2)C1.CO.[Ir]. The molecule has 1 saturated carbocycles. The topological polar surface area (TPSA) is 122 Å². The van der Waals surface area contributed by atoms with E-state index in [4.69, 9.17) is 16.7 Å². The zero-order valence-electron chi connectivity index (χ0n) is 23.4. The van der Waals surface area contributed by atoms with Crippen LogP contribution in [0.15, 0.2) is 36.6 Å². The molecule has 1 fully saturated rings. The molecule has 2 amide bonds. The molecular weight excluding hydrogens is 708 g/mol. The van der Waals surface area contributed by atoms with Gasteiger partial charge in [0.15, 0.2) is 0 Å². The molecule has 1 radical (unpaired) electrons. The molecular formula is C29H41ClIrN6O3. The van der Waals surface area contributed by atoms with Crippen molar-refractivity contribution in [2.75, 3.05) is 12.4 Å². The number of fused-ring (bicyclic) bond motifs is 1. The quantitative estimate of drug-likeness (QED) is 0.394. The maximum absolute atomic E-state index is 12.8. The van der Waals surface area contributed by atoms with Gasteiger partial charge < -0.3 is 15.7 Å². The summed E-state index contributed by atoms with van der Waals surface area (Å²) in [6.07, 6.45) is 21.9. The van der Waals surface area contributed by atoms with Gasteiger partial charge in [0.25, 0.3) is 0 Å². The summed E-state index contributed by atoms with van der Waals surface area (Å²) >= 11 is 6.39. The fourth-order valence-corrected chi connectivity index (χ4v) is 5.35. The van der Waals surface area contributed by atoms with Crippen LogP contribution in [0.1, 0.15) is 76.8 Å². The molecule has 9 nitrogen and oxygen atoms in total. The van der Waals surface area contributed by atoms with Crippen molar-refractivity contribution >= 4 is 29.2 Å². The fraction of sp³-hybridized carbons (Fsp3) is 0.552. The number of hydrogen-bond acceptors (Lipinski definition) is 6. The summed E-state index contributed by atoms with van der Waals surface area (Å²) in [4.78, 5) is 28.4. The number of rotatable bonds is 4. The van der Waals surface area contributed by atoms with Gasteiger partial charge in [0, 0.05) is 64.4 Å². The fourth-order valence-electron chi connectivity index (χ4n) is 5.16. The first-order chi connectivity index (χ1) is 19.0. The van der Waals surface area contributed by atoms with E-state index in [-0.39, 0.29) is 43.9 Å². The Balaban J connectivity index is 0.000000435. The first kappa shape index (κ1) is 33.8. The van der Waals surface area contributed by atoms with Crippen LogP contribution in [0.25, 0.3) is 11.3 Å². The Morgan fingerprint density at radius 1 is 1.05 bits per heavy atom. The van der Waals surface area contributed by atoms with E-state index in [9.17, 15) is 9.59 Å². The van der Waals surface area contributed by atoms with Crippen LogP contribution in [0, 0.1) is 5.92 Å². The van der Waals surface area contributed by atoms with E-state index in [1.165, 1.54) is 32.6 Å². The average Bonchev–Trinajstić information content (AvgIpc) is 3.35. The number of nitrogens with one attached hydrogen (secondary N) is 2. The molecule has 3 aliphatic rings. The summed E-state index contributed by atoms with van der Waals surface area (Å²) in [5, 5.41) is 21.9. The predicted octanol–water partition coefficient (Wildman–Crippen LogP) is 5.24. The minimum atomic E-state index is -0.149. The molecule has 1 aliphatic heterocycles. The molecule has 5 rings (SSSR count). The molecule has 2 aromatic rings. The van der Waals surface area contributed by atoms with Gasteiger partial charge in [-0.3, -0.25) is 9.59 Å². The summed E-state index contributed by atoms with van der Waals surface area (Å²) in [6.45, 7) is 2.37. The molecule has 2 aromatic heterocycles. The number of aliphatic hydroxyl groups excluding tert-OH is 1. The van der Waals surface area contributed by atoms with Crippen molar-refractivity contribution in [2.24, 2.45) is 5.92 Å². The van der Waals surface area contributed by atoms with Gasteiger partial charge in [0.1, 0.15) is 11.5 Å². The van der Waals surface area contributed by atoms with E-state index in [2.05, 4.69) is 50.2 Å². The molecule has 3 heterocycles. The number of halogens is 1. The van der Waals surface area contributed by atoms with Crippen molar-refractivity contribution in [2.45, 2.75) is 90.1 Å².